The molecule has 0 aliphatic carbocycles. The number of aromatic nitrogens is 6. The smallest absolute Gasteiger partial charge is 0.255 e. The van der Waals surface area contributed by atoms with Crippen molar-refractivity contribution in [2.75, 3.05) is 5.32 Å². The highest BCUT2D eigenvalue weighted by atomic mass is 32.1. The maximum atomic E-state index is 12.7. The molecule has 0 aliphatic heterocycles. The molecule has 0 aliphatic rings. The van der Waals surface area contributed by atoms with E-state index in [-0.39, 0.29) is 5.91 Å². The van der Waals surface area contributed by atoms with E-state index in [1.807, 2.05) is 60.7 Å². The molecule has 4 heterocycles. The van der Waals surface area contributed by atoms with Crippen molar-refractivity contribution in [3.05, 3.63) is 90.2 Å². The number of benzene rings is 2. The molecule has 0 radical (unpaired) electrons. The van der Waals surface area contributed by atoms with Crippen molar-refractivity contribution in [2.24, 2.45) is 0 Å². The highest BCUT2D eigenvalue weighted by molar-refractivity contribution is 7.16. The second-order valence-electron chi connectivity index (χ2n) is 7.31. The van der Waals surface area contributed by atoms with Gasteiger partial charge in [0.1, 0.15) is 0 Å². The first-order chi connectivity index (χ1) is 16.2. The van der Waals surface area contributed by atoms with Crippen molar-refractivity contribution in [2.45, 2.75) is 0 Å². The number of fused-ring (bicyclic) bond motifs is 2. The van der Waals surface area contributed by atoms with Gasteiger partial charge in [0, 0.05) is 34.8 Å². The molecule has 0 saturated heterocycles. The van der Waals surface area contributed by atoms with Crippen molar-refractivity contribution < 1.29 is 4.79 Å². The van der Waals surface area contributed by atoms with Crippen molar-refractivity contribution >= 4 is 38.8 Å². The number of pyridine rings is 1. The van der Waals surface area contributed by atoms with E-state index < -0.39 is 0 Å². The van der Waals surface area contributed by atoms with Crippen LogP contribution in [-0.4, -0.2) is 35.7 Å². The molecule has 0 unspecified atom stereocenters. The van der Waals surface area contributed by atoms with E-state index in [0.29, 0.717) is 22.7 Å². The van der Waals surface area contributed by atoms with Crippen LogP contribution >= 0.6 is 11.3 Å². The van der Waals surface area contributed by atoms with Crippen LogP contribution in [0, 0.1) is 0 Å². The molecule has 33 heavy (non-hydrogen) atoms. The maximum absolute atomic E-state index is 12.7. The topological polar surface area (TPSA) is 98.0 Å². The molecule has 0 atom stereocenters. The third-order valence-electron chi connectivity index (χ3n) is 5.23. The number of thiazole rings is 1. The third-order valence-corrected chi connectivity index (χ3v) is 6.03. The molecule has 1 amide bonds. The highest BCUT2D eigenvalue weighted by Crippen LogP contribution is 2.23. The Morgan fingerprint density at radius 3 is 2.58 bits per heavy atom. The van der Waals surface area contributed by atoms with Crippen molar-refractivity contribution in [1.29, 1.82) is 0 Å². The van der Waals surface area contributed by atoms with E-state index in [1.54, 1.807) is 28.5 Å². The van der Waals surface area contributed by atoms with E-state index >= 15 is 0 Å². The Morgan fingerprint density at radius 2 is 1.73 bits per heavy atom. The van der Waals surface area contributed by atoms with Gasteiger partial charge in [-0.15, -0.1) is 21.5 Å². The number of carbonyl (C=O) groups excluding carboxylic acids is 1. The van der Waals surface area contributed by atoms with Crippen LogP contribution in [0.4, 0.5) is 5.69 Å². The first kappa shape index (κ1) is 19.2. The van der Waals surface area contributed by atoms with E-state index in [4.69, 9.17) is 5.10 Å². The predicted octanol–water partition coefficient (Wildman–Crippen LogP) is 4.72. The SMILES string of the molecule is O=C(Nc1ccc(-c2ccc3nnc(-c4ccncc4)n3n2)cc1)c1ccc2ncsc2c1. The lowest BCUT2D eigenvalue weighted by Gasteiger charge is -2.07. The molecule has 0 spiro atoms. The van der Waals surface area contributed by atoms with Gasteiger partial charge in [-0.3, -0.25) is 9.78 Å². The number of anilines is 1. The Labute approximate surface area is 191 Å². The Hall–Kier alpha value is -4.50. The highest BCUT2D eigenvalue weighted by Gasteiger charge is 2.12. The summed E-state index contributed by atoms with van der Waals surface area (Å²) in [7, 11) is 0. The molecule has 0 bridgehead atoms. The van der Waals surface area contributed by atoms with Crippen LogP contribution in [0.15, 0.2) is 84.6 Å². The molecule has 158 valence electrons. The predicted molar refractivity (Wildman–Crippen MR) is 127 cm³/mol. The standard InChI is InChI=1S/C24H15N7OS/c32-24(17-3-6-20-21(13-17)33-14-26-20)27-18-4-1-15(2-5-18)19-7-8-22-28-29-23(31(22)30-19)16-9-11-25-12-10-16/h1-14H,(H,27,32). The second-order valence-corrected chi connectivity index (χ2v) is 8.20. The molecule has 9 heteroatoms. The molecule has 2 aromatic carbocycles. The number of carbonyl (C=O) groups is 1. The van der Waals surface area contributed by atoms with E-state index in [9.17, 15) is 4.79 Å². The van der Waals surface area contributed by atoms with Gasteiger partial charge in [-0.05, 0) is 54.6 Å². The van der Waals surface area contributed by atoms with Crippen molar-refractivity contribution in [3.8, 4) is 22.6 Å². The lowest BCUT2D eigenvalue weighted by atomic mass is 10.1. The van der Waals surface area contributed by atoms with Crippen LogP contribution in [0.1, 0.15) is 10.4 Å². The van der Waals surface area contributed by atoms with Crippen LogP contribution in [-0.2, 0) is 0 Å². The maximum Gasteiger partial charge on any atom is 0.255 e. The minimum atomic E-state index is -0.163. The Balaban J connectivity index is 1.26. The van der Waals surface area contributed by atoms with Crippen LogP contribution in [0.5, 0.6) is 0 Å². The fourth-order valence-electron chi connectivity index (χ4n) is 3.55. The number of nitrogens with zero attached hydrogens (tertiary/aromatic N) is 6. The molecule has 0 saturated carbocycles. The van der Waals surface area contributed by atoms with Crippen molar-refractivity contribution in [3.63, 3.8) is 0 Å². The minimum absolute atomic E-state index is 0.163. The summed E-state index contributed by atoms with van der Waals surface area (Å²) in [5.74, 6) is 0.486. The summed E-state index contributed by atoms with van der Waals surface area (Å²) >= 11 is 1.51. The van der Waals surface area contributed by atoms with Gasteiger partial charge in [0.2, 0.25) is 0 Å². The zero-order valence-electron chi connectivity index (χ0n) is 17.1. The molecular formula is C24H15N7OS. The minimum Gasteiger partial charge on any atom is -0.322 e. The third kappa shape index (κ3) is 3.60. The normalized spacial score (nSPS) is 11.2. The van der Waals surface area contributed by atoms with Crippen LogP contribution in [0.25, 0.3) is 38.5 Å². The van der Waals surface area contributed by atoms with Gasteiger partial charge in [0.25, 0.3) is 5.91 Å². The summed E-state index contributed by atoms with van der Waals surface area (Å²) in [6.07, 6.45) is 3.42. The average Bonchev–Trinajstić information content (AvgIpc) is 3.51. The van der Waals surface area contributed by atoms with Gasteiger partial charge in [0.05, 0.1) is 21.4 Å². The van der Waals surface area contributed by atoms with E-state index in [0.717, 1.165) is 27.0 Å². The van der Waals surface area contributed by atoms with Crippen molar-refractivity contribution in [1.82, 2.24) is 29.8 Å². The molecular weight excluding hydrogens is 434 g/mol. The summed E-state index contributed by atoms with van der Waals surface area (Å²) in [5.41, 5.74) is 7.20. The monoisotopic (exact) mass is 449 g/mol. The summed E-state index contributed by atoms with van der Waals surface area (Å²) in [5, 5.41) is 16.1. The number of hydrogen-bond donors (Lipinski definition) is 1. The quantitative estimate of drug-likeness (QED) is 0.418. The van der Waals surface area contributed by atoms with Gasteiger partial charge in [-0.1, -0.05) is 12.1 Å². The number of hydrogen-bond acceptors (Lipinski definition) is 7. The van der Waals surface area contributed by atoms with Crippen LogP contribution in [0.2, 0.25) is 0 Å². The summed E-state index contributed by atoms with van der Waals surface area (Å²) < 4.78 is 2.70. The fourth-order valence-corrected chi connectivity index (χ4v) is 4.26. The summed E-state index contributed by atoms with van der Waals surface area (Å²) in [4.78, 5) is 21.0. The van der Waals surface area contributed by atoms with Gasteiger partial charge in [0.15, 0.2) is 11.5 Å². The Kier molecular flexibility index (Phi) is 4.59. The molecule has 8 nitrogen and oxygen atoms in total. The van der Waals surface area contributed by atoms with E-state index in [1.165, 1.54) is 11.3 Å². The second kappa shape index (κ2) is 7.88. The first-order valence-electron chi connectivity index (χ1n) is 10.1. The molecule has 6 rings (SSSR count). The Morgan fingerprint density at radius 1 is 0.879 bits per heavy atom. The molecule has 4 aromatic heterocycles. The largest absolute Gasteiger partial charge is 0.322 e. The van der Waals surface area contributed by atoms with E-state index in [2.05, 4.69) is 25.5 Å². The van der Waals surface area contributed by atoms with Crippen LogP contribution < -0.4 is 5.32 Å². The van der Waals surface area contributed by atoms with Gasteiger partial charge < -0.3 is 5.32 Å². The molecule has 6 aromatic rings. The van der Waals surface area contributed by atoms with Gasteiger partial charge >= 0.3 is 0 Å². The van der Waals surface area contributed by atoms with Crippen LogP contribution in [0.3, 0.4) is 0 Å². The number of rotatable bonds is 4. The summed E-state index contributed by atoms with van der Waals surface area (Å²) in [6, 6.07) is 20.6. The van der Waals surface area contributed by atoms with Gasteiger partial charge in [-0.25, -0.2) is 4.98 Å². The first-order valence-corrected chi connectivity index (χ1v) is 11.0. The Bertz CT molecular complexity index is 1610. The van der Waals surface area contributed by atoms with Gasteiger partial charge in [-0.2, -0.15) is 9.61 Å². The zero-order valence-corrected chi connectivity index (χ0v) is 17.9. The zero-order chi connectivity index (χ0) is 22.2. The average molecular weight is 449 g/mol. The number of nitrogens with one attached hydrogen (secondary N) is 1. The summed E-state index contributed by atoms with van der Waals surface area (Å²) in [6.45, 7) is 0. The molecule has 1 N–H and O–H groups in total. The fraction of sp³-hybridized carbons (Fsp3) is 0. The lowest BCUT2D eigenvalue weighted by Crippen LogP contribution is -2.11. The lowest BCUT2D eigenvalue weighted by molar-refractivity contribution is 0.102. The molecule has 0 fully saturated rings. The number of amides is 1.